The third kappa shape index (κ3) is 6.13. The molecule has 0 aliphatic heterocycles. The zero-order chi connectivity index (χ0) is 24.0. The molecule has 0 saturated carbocycles. The summed E-state index contributed by atoms with van der Waals surface area (Å²) in [5.41, 5.74) is 0.402. The van der Waals surface area contributed by atoms with Crippen molar-refractivity contribution in [2.24, 2.45) is 0 Å². The maximum Gasteiger partial charge on any atom is 0.255 e. The number of hydrogen-bond donors (Lipinski definition) is 3. The van der Waals surface area contributed by atoms with Gasteiger partial charge in [0.2, 0.25) is 5.91 Å². The van der Waals surface area contributed by atoms with Crippen molar-refractivity contribution >= 4 is 46.1 Å². The molecule has 0 spiro atoms. The lowest BCUT2D eigenvalue weighted by molar-refractivity contribution is -0.125. The van der Waals surface area contributed by atoms with E-state index in [1.54, 1.807) is 38.4 Å². The van der Waals surface area contributed by atoms with Crippen LogP contribution in [0, 0.1) is 6.92 Å². The Morgan fingerprint density at radius 2 is 2.00 bits per heavy atom. The number of pyridine rings is 1. The Morgan fingerprint density at radius 3 is 2.70 bits per heavy atom. The van der Waals surface area contributed by atoms with E-state index in [2.05, 4.69) is 30.9 Å². The topological polar surface area (TPSA) is 91.8 Å². The summed E-state index contributed by atoms with van der Waals surface area (Å²) >= 11 is 5.94. The van der Waals surface area contributed by atoms with E-state index in [1.165, 1.54) is 0 Å². The molecule has 3 aromatic rings. The maximum atomic E-state index is 12.6. The number of alkyl halides is 2. The standard InChI is InChI=1S/C23H25ClF2N6O/c1-4-23(3,22(33)29-13-18(25)26)32-21-16-7-5-6-8-17(16)30-19(31-21)9-10-27-20-14(2)11-15(24)12-28-20/h5-12,18H,4,13H2,1-3H3,(H,27,28)(H,29,33)(H,30,31,32)/b10-9+/t23-/m1/s1. The molecule has 1 aromatic carbocycles. The van der Waals surface area contributed by atoms with Gasteiger partial charge in [0.1, 0.15) is 17.2 Å². The summed E-state index contributed by atoms with van der Waals surface area (Å²) in [6.07, 6.45) is 2.61. The summed E-state index contributed by atoms with van der Waals surface area (Å²) < 4.78 is 25.2. The number of rotatable bonds is 9. The molecule has 1 atom stereocenters. The number of hydrogen-bond acceptors (Lipinski definition) is 6. The van der Waals surface area contributed by atoms with Crippen LogP contribution in [-0.2, 0) is 4.79 Å². The van der Waals surface area contributed by atoms with Crippen LogP contribution in [0.4, 0.5) is 20.4 Å². The van der Waals surface area contributed by atoms with Crippen molar-refractivity contribution in [1.82, 2.24) is 20.3 Å². The zero-order valence-corrected chi connectivity index (χ0v) is 19.3. The lowest BCUT2D eigenvalue weighted by Gasteiger charge is -2.29. The highest BCUT2D eigenvalue weighted by molar-refractivity contribution is 6.30. The van der Waals surface area contributed by atoms with Gasteiger partial charge in [-0.1, -0.05) is 30.7 Å². The second kappa shape index (κ2) is 10.5. The molecule has 0 saturated heterocycles. The largest absolute Gasteiger partial charge is 0.356 e. The summed E-state index contributed by atoms with van der Waals surface area (Å²) in [6.45, 7) is 4.62. The van der Waals surface area contributed by atoms with Crippen LogP contribution < -0.4 is 16.0 Å². The minimum atomic E-state index is -2.63. The monoisotopic (exact) mass is 474 g/mol. The van der Waals surface area contributed by atoms with E-state index < -0.39 is 24.4 Å². The first-order valence-electron chi connectivity index (χ1n) is 10.4. The van der Waals surface area contributed by atoms with Crippen LogP contribution >= 0.6 is 11.6 Å². The number of benzene rings is 1. The van der Waals surface area contributed by atoms with Crippen molar-refractivity contribution in [3.05, 3.63) is 59.1 Å². The number of nitrogens with one attached hydrogen (secondary N) is 3. The number of fused-ring (bicyclic) bond motifs is 1. The lowest BCUT2D eigenvalue weighted by Crippen LogP contribution is -2.51. The van der Waals surface area contributed by atoms with Crippen LogP contribution in [0.3, 0.4) is 0 Å². The second-order valence-electron chi connectivity index (χ2n) is 7.66. The van der Waals surface area contributed by atoms with Crippen molar-refractivity contribution in [3.8, 4) is 0 Å². The van der Waals surface area contributed by atoms with Crippen molar-refractivity contribution in [2.75, 3.05) is 17.2 Å². The van der Waals surface area contributed by atoms with Crippen LogP contribution in [0.5, 0.6) is 0 Å². The zero-order valence-electron chi connectivity index (χ0n) is 18.5. The third-order valence-electron chi connectivity index (χ3n) is 5.14. The molecule has 2 heterocycles. The predicted octanol–water partition coefficient (Wildman–Crippen LogP) is 5.03. The van der Waals surface area contributed by atoms with Gasteiger partial charge in [-0.3, -0.25) is 4.79 Å². The van der Waals surface area contributed by atoms with Crippen molar-refractivity contribution < 1.29 is 13.6 Å². The van der Waals surface area contributed by atoms with Gasteiger partial charge in [-0.25, -0.2) is 23.7 Å². The summed E-state index contributed by atoms with van der Waals surface area (Å²) in [7, 11) is 0. The highest BCUT2D eigenvalue weighted by Crippen LogP contribution is 2.25. The first-order chi connectivity index (χ1) is 15.7. The molecule has 0 aliphatic carbocycles. The average Bonchev–Trinajstić information content (AvgIpc) is 2.78. The van der Waals surface area contributed by atoms with Crippen molar-refractivity contribution in [1.29, 1.82) is 0 Å². The van der Waals surface area contributed by atoms with E-state index in [4.69, 9.17) is 11.6 Å². The van der Waals surface area contributed by atoms with Gasteiger partial charge >= 0.3 is 0 Å². The minimum Gasteiger partial charge on any atom is -0.356 e. The van der Waals surface area contributed by atoms with Gasteiger partial charge in [-0.2, -0.15) is 0 Å². The van der Waals surface area contributed by atoms with Crippen molar-refractivity contribution in [2.45, 2.75) is 39.2 Å². The molecule has 3 N–H and O–H groups in total. The number of halogens is 3. The van der Waals surface area contributed by atoms with E-state index in [9.17, 15) is 13.6 Å². The highest BCUT2D eigenvalue weighted by Gasteiger charge is 2.32. The first-order valence-corrected chi connectivity index (χ1v) is 10.8. The Balaban J connectivity index is 1.89. The number of anilines is 2. The Labute approximate surface area is 195 Å². The summed E-state index contributed by atoms with van der Waals surface area (Å²) in [6, 6.07) is 9.14. The smallest absolute Gasteiger partial charge is 0.255 e. The van der Waals surface area contributed by atoms with Crippen LogP contribution in [0.1, 0.15) is 31.7 Å². The average molecular weight is 475 g/mol. The molecule has 2 aromatic heterocycles. The van der Waals surface area contributed by atoms with Crippen LogP contribution in [0.2, 0.25) is 5.02 Å². The number of aryl methyl sites for hydroxylation is 1. The third-order valence-corrected chi connectivity index (χ3v) is 5.34. The number of nitrogens with zero attached hydrogens (tertiary/aromatic N) is 3. The van der Waals surface area contributed by atoms with Crippen LogP contribution in [0.25, 0.3) is 17.0 Å². The lowest BCUT2D eigenvalue weighted by atomic mass is 9.97. The maximum absolute atomic E-state index is 12.6. The molecule has 1 amide bonds. The molecule has 33 heavy (non-hydrogen) atoms. The van der Waals surface area contributed by atoms with Gasteiger partial charge in [0, 0.05) is 17.8 Å². The van der Waals surface area contributed by atoms with E-state index in [1.807, 2.05) is 31.2 Å². The molecular weight excluding hydrogens is 450 g/mol. The fourth-order valence-electron chi connectivity index (χ4n) is 3.08. The van der Waals surface area contributed by atoms with E-state index in [0.29, 0.717) is 39.8 Å². The Hall–Kier alpha value is -3.33. The molecular formula is C23H25ClF2N6O. The summed E-state index contributed by atoms with van der Waals surface area (Å²) in [5, 5.41) is 9.76. The number of amides is 1. The number of para-hydroxylation sites is 1. The predicted molar refractivity (Wildman–Crippen MR) is 128 cm³/mol. The Bertz CT molecular complexity index is 1170. The molecule has 0 unspecified atom stereocenters. The molecule has 0 aliphatic rings. The van der Waals surface area contributed by atoms with E-state index in [0.717, 1.165) is 5.56 Å². The Morgan fingerprint density at radius 1 is 1.24 bits per heavy atom. The van der Waals surface area contributed by atoms with E-state index >= 15 is 0 Å². The normalized spacial score (nSPS) is 13.3. The molecule has 0 radical (unpaired) electrons. The van der Waals surface area contributed by atoms with Gasteiger partial charge in [-0.15, -0.1) is 0 Å². The fourth-order valence-corrected chi connectivity index (χ4v) is 3.30. The molecule has 3 rings (SSSR count). The van der Waals surface area contributed by atoms with Crippen LogP contribution in [0.15, 0.2) is 42.7 Å². The summed E-state index contributed by atoms with van der Waals surface area (Å²) in [4.78, 5) is 26.0. The molecule has 174 valence electrons. The van der Waals surface area contributed by atoms with Gasteiger partial charge in [0.15, 0.2) is 5.82 Å². The molecule has 10 heteroatoms. The first kappa shape index (κ1) is 24.3. The molecule has 0 bridgehead atoms. The second-order valence-corrected chi connectivity index (χ2v) is 8.09. The molecule has 0 fully saturated rings. The number of aromatic nitrogens is 3. The Kier molecular flexibility index (Phi) is 7.75. The summed E-state index contributed by atoms with van der Waals surface area (Å²) in [5.74, 6) is 0.930. The molecule has 7 nitrogen and oxygen atoms in total. The van der Waals surface area contributed by atoms with E-state index in [-0.39, 0.29) is 0 Å². The van der Waals surface area contributed by atoms with Gasteiger partial charge in [0.05, 0.1) is 17.1 Å². The van der Waals surface area contributed by atoms with Gasteiger partial charge < -0.3 is 16.0 Å². The van der Waals surface area contributed by atoms with Gasteiger partial charge in [-0.05, 0) is 50.1 Å². The minimum absolute atomic E-state index is 0.356. The quantitative estimate of drug-likeness (QED) is 0.403. The van der Waals surface area contributed by atoms with Crippen LogP contribution in [-0.4, -0.2) is 39.4 Å². The highest BCUT2D eigenvalue weighted by atomic mass is 35.5. The fraction of sp³-hybridized carbons (Fsp3) is 0.304. The number of carbonyl (C=O) groups excluding carboxylic acids is 1. The van der Waals surface area contributed by atoms with Crippen molar-refractivity contribution in [3.63, 3.8) is 0 Å². The SMILES string of the molecule is CC[C@@](C)(Nc1nc(/C=C/Nc2ncc(Cl)cc2C)nc2ccccc12)C(=O)NCC(F)F. The van der Waals surface area contributed by atoms with Gasteiger partial charge in [0.25, 0.3) is 6.43 Å². The number of carbonyl (C=O) groups is 1.